The molecule has 0 aliphatic carbocycles. The van der Waals surface area contributed by atoms with Gasteiger partial charge in [0.15, 0.2) is 11.4 Å². The predicted octanol–water partition coefficient (Wildman–Crippen LogP) is 3.97. The number of nitrogens with zero attached hydrogens (tertiary/aromatic N) is 5. The van der Waals surface area contributed by atoms with Crippen molar-refractivity contribution in [2.75, 3.05) is 25.6 Å². The molecule has 0 fully saturated rings. The number of halogens is 6. The molecule has 3 rings (SSSR count). The van der Waals surface area contributed by atoms with Crippen LogP contribution in [0.4, 0.5) is 36.8 Å². The van der Waals surface area contributed by atoms with Gasteiger partial charge in [-0.25, -0.2) is 9.78 Å². The van der Waals surface area contributed by atoms with Crippen molar-refractivity contribution in [3.8, 4) is 17.1 Å². The number of amides is 2. The molecule has 0 aliphatic rings. The largest absolute Gasteiger partial charge is 0.475 e. The number of ether oxygens (including phenoxy) is 2. The van der Waals surface area contributed by atoms with Gasteiger partial charge in [0, 0.05) is 32.1 Å². The lowest BCUT2D eigenvalue weighted by molar-refractivity contribution is -0.142. The molecule has 37 heavy (non-hydrogen) atoms. The minimum Gasteiger partial charge on any atom is -0.475 e. The molecule has 0 spiro atoms. The first kappa shape index (κ1) is 27.6. The Morgan fingerprint density at radius 3 is 2.41 bits per heavy atom. The van der Waals surface area contributed by atoms with E-state index >= 15 is 0 Å². The van der Waals surface area contributed by atoms with Crippen molar-refractivity contribution in [3.05, 3.63) is 47.0 Å². The van der Waals surface area contributed by atoms with Gasteiger partial charge in [-0.1, -0.05) is 0 Å². The number of hydrogen-bond acceptors (Lipinski definition) is 7. The molecule has 3 heterocycles. The Labute approximate surface area is 206 Å². The number of rotatable bonds is 8. The maximum atomic E-state index is 13.3. The molecule has 2 N–H and O–H groups in total. The number of aryl methyl sites for hydroxylation is 2. The molecule has 0 bridgehead atoms. The van der Waals surface area contributed by atoms with E-state index in [-0.39, 0.29) is 48.3 Å². The summed E-state index contributed by atoms with van der Waals surface area (Å²) >= 11 is 0. The zero-order valence-electron chi connectivity index (χ0n) is 19.7. The molecule has 0 atom stereocenters. The standard InChI is InChI=1S/C21H21F6N7O3/c1-11-6-13(31-32-17(11)14-10-34(2)33-18(14)21(25,26)27)9-28-19(35)29-12-7-15(20(22,23)24)30-16(8-12)37-5-4-36-3/h6-8,10H,4-5,9H2,1-3H3,(H2,28,29,30,35). The number of nitrogens with one attached hydrogen (secondary N) is 2. The van der Waals surface area contributed by atoms with Gasteiger partial charge in [-0.05, 0) is 24.6 Å². The molecule has 0 saturated carbocycles. The molecule has 0 saturated heterocycles. The smallest absolute Gasteiger partial charge is 0.435 e. The van der Waals surface area contributed by atoms with Crippen molar-refractivity contribution in [2.24, 2.45) is 7.05 Å². The van der Waals surface area contributed by atoms with Gasteiger partial charge in [0.1, 0.15) is 6.61 Å². The topological polar surface area (TPSA) is 116 Å². The normalized spacial score (nSPS) is 11.9. The van der Waals surface area contributed by atoms with Crippen molar-refractivity contribution in [1.29, 1.82) is 0 Å². The van der Waals surface area contributed by atoms with E-state index in [0.717, 1.165) is 10.7 Å². The van der Waals surface area contributed by atoms with Crippen LogP contribution < -0.4 is 15.4 Å². The van der Waals surface area contributed by atoms with Gasteiger partial charge in [-0.3, -0.25) is 4.68 Å². The molecule has 10 nitrogen and oxygen atoms in total. The maximum absolute atomic E-state index is 13.3. The summed E-state index contributed by atoms with van der Waals surface area (Å²) in [6, 6.07) is 2.28. The lowest BCUT2D eigenvalue weighted by Gasteiger charge is -2.13. The summed E-state index contributed by atoms with van der Waals surface area (Å²) in [5.41, 5.74) is -2.37. The number of carbonyl (C=O) groups excluding carboxylic acids is 1. The number of methoxy groups -OCH3 is 1. The van der Waals surface area contributed by atoms with Gasteiger partial charge in [0.25, 0.3) is 0 Å². The summed E-state index contributed by atoms with van der Waals surface area (Å²) in [7, 11) is 2.73. The number of carbonyl (C=O) groups is 1. The summed E-state index contributed by atoms with van der Waals surface area (Å²) in [4.78, 5) is 15.7. The van der Waals surface area contributed by atoms with Crippen molar-refractivity contribution >= 4 is 11.7 Å². The number of urea groups is 1. The third kappa shape index (κ3) is 7.28. The Morgan fingerprint density at radius 2 is 1.78 bits per heavy atom. The van der Waals surface area contributed by atoms with E-state index in [0.29, 0.717) is 11.6 Å². The molecule has 0 radical (unpaired) electrons. The van der Waals surface area contributed by atoms with Crippen LogP contribution in [0.1, 0.15) is 22.6 Å². The van der Waals surface area contributed by atoms with E-state index in [1.807, 2.05) is 0 Å². The van der Waals surface area contributed by atoms with Crippen molar-refractivity contribution in [2.45, 2.75) is 25.8 Å². The molecular formula is C21H21F6N7O3. The Morgan fingerprint density at radius 1 is 1.05 bits per heavy atom. The monoisotopic (exact) mass is 533 g/mol. The SMILES string of the molecule is COCCOc1cc(NC(=O)NCc2cc(C)c(-c3cn(C)nc3C(F)(F)F)nn2)cc(C(F)(F)F)n1. The molecule has 0 unspecified atom stereocenters. The van der Waals surface area contributed by atoms with Crippen molar-refractivity contribution in [1.82, 2.24) is 30.3 Å². The van der Waals surface area contributed by atoms with Gasteiger partial charge in [0.05, 0.1) is 30.1 Å². The fraction of sp³-hybridized carbons (Fsp3) is 0.381. The molecule has 16 heteroatoms. The first-order chi connectivity index (χ1) is 17.3. The highest BCUT2D eigenvalue weighted by atomic mass is 19.4. The fourth-order valence-electron chi connectivity index (χ4n) is 3.14. The van der Waals surface area contributed by atoms with Crippen LogP contribution in [0.25, 0.3) is 11.3 Å². The third-order valence-electron chi connectivity index (χ3n) is 4.71. The average molecular weight is 533 g/mol. The van der Waals surface area contributed by atoms with Gasteiger partial charge in [-0.2, -0.15) is 36.5 Å². The van der Waals surface area contributed by atoms with Crippen LogP contribution in [0.5, 0.6) is 5.88 Å². The van der Waals surface area contributed by atoms with Gasteiger partial charge in [0.2, 0.25) is 5.88 Å². The minimum atomic E-state index is -4.79. The average Bonchev–Trinajstić information content (AvgIpc) is 3.19. The number of anilines is 1. The summed E-state index contributed by atoms with van der Waals surface area (Å²) in [6.45, 7) is 1.35. The molecule has 0 aromatic carbocycles. The first-order valence-corrected chi connectivity index (χ1v) is 10.5. The van der Waals surface area contributed by atoms with Gasteiger partial charge in [-0.15, -0.1) is 5.10 Å². The van der Waals surface area contributed by atoms with E-state index in [1.165, 1.54) is 33.3 Å². The highest BCUT2D eigenvalue weighted by molar-refractivity contribution is 5.89. The first-order valence-electron chi connectivity index (χ1n) is 10.5. The van der Waals surface area contributed by atoms with E-state index < -0.39 is 29.8 Å². The van der Waals surface area contributed by atoms with Gasteiger partial charge < -0.3 is 20.1 Å². The molecule has 3 aromatic rings. The van der Waals surface area contributed by atoms with Crippen LogP contribution in [0.2, 0.25) is 0 Å². The van der Waals surface area contributed by atoms with E-state index in [1.54, 1.807) is 0 Å². The van der Waals surface area contributed by atoms with Crippen LogP contribution >= 0.6 is 0 Å². The number of alkyl halides is 6. The molecule has 2 amide bonds. The third-order valence-corrected chi connectivity index (χ3v) is 4.71. The summed E-state index contributed by atoms with van der Waals surface area (Å²) < 4.78 is 90.3. The zero-order chi connectivity index (χ0) is 27.4. The van der Waals surface area contributed by atoms with E-state index in [9.17, 15) is 31.1 Å². The second-order valence-electron chi connectivity index (χ2n) is 7.66. The van der Waals surface area contributed by atoms with Crippen LogP contribution in [0.3, 0.4) is 0 Å². The fourth-order valence-corrected chi connectivity index (χ4v) is 3.14. The maximum Gasteiger partial charge on any atom is 0.435 e. The minimum absolute atomic E-state index is 0.0360. The van der Waals surface area contributed by atoms with Crippen LogP contribution in [-0.4, -0.2) is 51.3 Å². The quantitative estimate of drug-likeness (QED) is 0.333. The zero-order valence-corrected chi connectivity index (χ0v) is 19.7. The Balaban J connectivity index is 1.70. The second kappa shape index (κ2) is 11.0. The number of hydrogen-bond donors (Lipinski definition) is 2. The van der Waals surface area contributed by atoms with E-state index in [4.69, 9.17) is 9.47 Å². The predicted molar refractivity (Wildman–Crippen MR) is 116 cm³/mol. The molecule has 0 aliphatic heterocycles. The van der Waals surface area contributed by atoms with E-state index in [2.05, 4.69) is 30.9 Å². The lowest BCUT2D eigenvalue weighted by Crippen LogP contribution is -2.29. The highest BCUT2D eigenvalue weighted by Crippen LogP contribution is 2.36. The summed E-state index contributed by atoms with van der Waals surface area (Å²) in [5.74, 6) is -0.368. The van der Waals surface area contributed by atoms with Crippen LogP contribution in [0.15, 0.2) is 24.4 Å². The van der Waals surface area contributed by atoms with Crippen LogP contribution in [0, 0.1) is 6.92 Å². The lowest BCUT2D eigenvalue weighted by atomic mass is 10.1. The second-order valence-corrected chi connectivity index (χ2v) is 7.66. The number of aromatic nitrogens is 5. The highest BCUT2D eigenvalue weighted by Gasteiger charge is 2.38. The Hall–Kier alpha value is -3.95. The van der Waals surface area contributed by atoms with Crippen molar-refractivity contribution < 1.29 is 40.6 Å². The number of pyridine rings is 1. The van der Waals surface area contributed by atoms with Gasteiger partial charge >= 0.3 is 18.4 Å². The van der Waals surface area contributed by atoms with Crippen molar-refractivity contribution in [3.63, 3.8) is 0 Å². The summed E-state index contributed by atoms with van der Waals surface area (Å²) in [5, 5.41) is 15.8. The molecule has 3 aromatic heterocycles. The Bertz CT molecular complexity index is 1260. The van der Waals surface area contributed by atoms with Crippen LogP contribution in [-0.2, 0) is 30.7 Å². The Kier molecular flexibility index (Phi) is 8.20. The molecular weight excluding hydrogens is 512 g/mol. The molecule has 200 valence electrons. The summed E-state index contributed by atoms with van der Waals surface area (Å²) in [6.07, 6.45) is -8.32.